The molecule has 0 bridgehead atoms. The van der Waals surface area contributed by atoms with E-state index < -0.39 is 0 Å². The van der Waals surface area contributed by atoms with Gasteiger partial charge < -0.3 is 10.2 Å². The van der Waals surface area contributed by atoms with Crippen molar-refractivity contribution in [3.8, 4) is 0 Å². The molecule has 1 saturated heterocycles. The number of halogens is 1. The molecule has 1 amide bonds. The minimum absolute atomic E-state index is 0. The van der Waals surface area contributed by atoms with Crippen molar-refractivity contribution in [2.75, 3.05) is 19.6 Å². The Kier molecular flexibility index (Phi) is 7.94. The summed E-state index contributed by atoms with van der Waals surface area (Å²) in [6.07, 6.45) is 3.63. The lowest BCUT2D eigenvalue weighted by Gasteiger charge is -2.36. The Morgan fingerprint density at radius 3 is 2.76 bits per heavy atom. The van der Waals surface area contributed by atoms with Crippen LogP contribution in [0.1, 0.15) is 41.8 Å². The number of carbonyl (C=O) groups is 1. The number of hydrogen-bond acceptors (Lipinski definition) is 3. The maximum absolute atomic E-state index is 12.7. The molecular weight excluding hydrogens is 352 g/mol. The molecule has 1 aromatic carbocycles. The first kappa shape index (κ1) is 20.0. The molecule has 2 aromatic rings. The molecule has 1 atom stereocenters. The van der Waals surface area contributed by atoms with Gasteiger partial charge in [0.15, 0.2) is 0 Å². The van der Waals surface area contributed by atoms with E-state index in [4.69, 9.17) is 0 Å². The van der Waals surface area contributed by atoms with Gasteiger partial charge in [0, 0.05) is 30.9 Å². The Morgan fingerprint density at radius 2 is 2.08 bits per heavy atom. The van der Waals surface area contributed by atoms with Gasteiger partial charge in [0.2, 0.25) is 5.91 Å². The lowest BCUT2D eigenvalue weighted by molar-refractivity contribution is -0.134. The number of piperazine rings is 1. The molecule has 0 aliphatic carbocycles. The maximum atomic E-state index is 12.7. The molecule has 1 fully saturated rings. The van der Waals surface area contributed by atoms with E-state index >= 15 is 0 Å². The van der Waals surface area contributed by atoms with Crippen LogP contribution in [-0.4, -0.2) is 30.4 Å². The van der Waals surface area contributed by atoms with Crippen molar-refractivity contribution in [1.82, 2.24) is 10.2 Å². The lowest BCUT2D eigenvalue weighted by atomic mass is 10.00. The Morgan fingerprint density at radius 1 is 1.28 bits per heavy atom. The highest BCUT2D eigenvalue weighted by Crippen LogP contribution is 2.24. The number of amides is 1. The predicted octanol–water partition coefficient (Wildman–Crippen LogP) is 4.23. The third-order valence-corrected chi connectivity index (χ3v) is 5.67. The van der Waals surface area contributed by atoms with Gasteiger partial charge in [-0.2, -0.15) is 0 Å². The number of aryl methyl sites for hydroxylation is 2. The molecule has 136 valence electrons. The fourth-order valence-electron chi connectivity index (χ4n) is 3.29. The van der Waals surface area contributed by atoms with Gasteiger partial charge in [-0.25, -0.2) is 0 Å². The van der Waals surface area contributed by atoms with Crippen LogP contribution in [-0.2, 0) is 17.6 Å². The van der Waals surface area contributed by atoms with Crippen molar-refractivity contribution < 1.29 is 4.79 Å². The Hall–Kier alpha value is -1.36. The summed E-state index contributed by atoms with van der Waals surface area (Å²) in [7, 11) is 0. The summed E-state index contributed by atoms with van der Waals surface area (Å²) in [4.78, 5) is 16.2. The average Bonchev–Trinajstić information content (AvgIpc) is 3.15. The molecule has 1 aliphatic rings. The number of nitrogens with one attached hydrogen (secondary N) is 1. The highest BCUT2D eigenvalue weighted by molar-refractivity contribution is 7.09. The van der Waals surface area contributed by atoms with E-state index in [0.29, 0.717) is 6.42 Å². The van der Waals surface area contributed by atoms with E-state index in [1.165, 1.54) is 16.0 Å². The summed E-state index contributed by atoms with van der Waals surface area (Å²) in [6, 6.07) is 13.1. The molecule has 0 spiro atoms. The van der Waals surface area contributed by atoms with Crippen LogP contribution < -0.4 is 5.32 Å². The van der Waals surface area contributed by atoms with E-state index in [1.807, 2.05) is 0 Å². The van der Waals surface area contributed by atoms with Crippen molar-refractivity contribution in [1.29, 1.82) is 0 Å². The van der Waals surface area contributed by atoms with Crippen molar-refractivity contribution in [3.63, 3.8) is 0 Å². The third kappa shape index (κ3) is 5.30. The summed E-state index contributed by atoms with van der Waals surface area (Å²) in [5.74, 6) is 0.289. The second-order valence-electron chi connectivity index (χ2n) is 6.34. The second-order valence-corrected chi connectivity index (χ2v) is 7.37. The fraction of sp³-hybridized carbons (Fsp3) is 0.450. The van der Waals surface area contributed by atoms with Crippen LogP contribution in [0, 0.1) is 0 Å². The van der Waals surface area contributed by atoms with Crippen LogP contribution in [0.4, 0.5) is 0 Å². The molecular formula is C20H27ClN2OS. The Balaban J connectivity index is 0.00000225. The van der Waals surface area contributed by atoms with E-state index in [1.54, 1.807) is 11.3 Å². The zero-order chi connectivity index (χ0) is 16.8. The molecule has 1 aromatic heterocycles. The van der Waals surface area contributed by atoms with Crippen LogP contribution in [0.25, 0.3) is 0 Å². The van der Waals surface area contributed by atoms with Crippen LogP contribution in [0.15, 0.2) is 41.8 Å². The summed E-state index contributed by atoms with van der Waals surface area (Å²) in [5.41, 5.74) is 2.59. The van der Waals surface area contributed by atoms with Crippen molar-refractivity contribution in [2.24, 2.45) is 0 Å². The largest absolute Gasteiger partial charge is 0.333 e. The smallest absolute Gasteiger partial charge is 0.223 e. The number of nitrogens with zero attached hydrogens (tertiary/aromatic N) is 1. The van der Waals surface area contributed by atoms with E-state index in [-0.39, 0.29) is 24.4 Å². The molecule has 2 heterocycles. The minimum Gasteiger partial charge on any atom is -0.333 e. The highest BCUT2D eigenvalue weighted by atomic mass is 35.5. The first-order valence-electron chi connectivity index (χ1n) is 8.89. The van der Waals surface area contributed by atoms with Gasteiger partial charge in [-0.1, -0.05) is 37.3 Å². The van der Waals surface area contributed by atoms with Crippen LogP contribution in [0.2, 0.25) is 0 Å². The average molecular weight is 379 g/mol. The molecule has 3 rings (SSSR count). The number of hydrogen-bond donors (Lipinski definition) is 1. The molecule has 0 radical (unpaired) electrons. The monoisotopic (exact) mass is 378 g/mol. The lowest BCUT2D eigenvalue weighted by Crippen LogP contribution is -2.48. The van der Waals surface area contributed by atoms with Gasteiger partial charge in [0.25, 0.3) is 0 Å². The fourth-order valence-corrected chi connectivity index (χ4v) is 4.04. The number of rotatable bonds is 6. The van der Waals surface area contributed by atoms with E-state index in [9.17, 15) is 4.79 Å². The SMILES string of the molecule is CCc1ccc(C2CNCCN2C(=O)CCCc2cccs2)cc1.Cl. The zero-order valence-electron chi connectivity index (χ0n) is 14.7. The second kappa shape index (κ2) is 9.95. The summed E-state index contributed by atoms with van der Waals surface area (Å²) >= 11 is 1.78. The van der Waals surface area contributed by atoms with Crippen molar-refractivity contribution >= 4 is 29.7 Å². The van der Waals surface area contributed by atoms with Gasteiger partial charge in [-0.05, 0) is 41.8 Å². The standard InChI is InChI=1S/C20H26N2OS.ClH/c1-2-16-8-10-17(11-9-16)19-15-21-12-13-22(19)20(23)7-3-5-18-6-4-14-24-18;/h4,6,8-11,14,19,21H,2-3,5,7,12-13,15H2,1H3;1H. The first-order valence-corrected chi connectivity index (χ1v) is 9.77. The van der Waals surface area contributed by atoms with E-state index in [0.717, 1.165) is 38.9 Å². The molecule has 5 heteroatoms. The van der Waals surface area contributed by atoms with Crippen molar-refractivity contribution in [2.45, 2.75) is 38.6 Å². The number of carbonyl (C=O) groups excluding carboxylic acids is 1. The summed E-state index contributed by atoms with van der Waals surface area (Å²) in [6.45, 7) is 4.71. The molecule has 25 heavy (non-hydrogen) atoms. The molecule has 1 N–H and O–H groups in total. The van der Waals surface area contributed by atoms with Gasteiger partial charge in [0.05, 0.1) is 6.04 Å². The first-order chi connectivity index (χ1) is 11.8. The van der Waals surface area contributed by atoms with Crippen LogP contribution in [0.3, 0.4) is 0 Å². The summed E-state index contributed by atoms with van der Waals surface area (Å²) in [5, 5.41) is 5.53. The Labute approximate surface area is 160 Å². The topological polar surface area (TPSA) is 32.3 Å². The molecule has 0 saturated carbocycles. The predicted molar refractivity (Wildman–Crippen MR) is 108 cm³/mol. The minimum atomic E-state index is 0. The van der Waals surface area contributed by atoms with E-state index in [2.05, 4.69) is 58.9 Å². The van der Waals surface area contributed by atoms with Crippen molar-refractivity contribution in [3.05, 3.63) is 57.8 Å². The molecule has 3 nitrogen and oxygen atoms in total. The van der Waals surface area contributed by atoms with Gasteiger partial charge >= 0.3 is 0 Å². The zero-order valence-corrected chi connectivity index (χ0v) is 16.4. The van der Waals surface area contributed by atoms with Crippen LogP contribution in [0.5, 0.6) is 0 Å². The number of benzene rings is 1. The van der Waals surface area contributed by atoms with Gasteiger partial charge in [-0.15, -0.1) is 23.7 Å². The van der Waals surface area contributed by atoms with Gasteiger partial charge in [0.1, 0.15) is 0 Å². The highest BCUT2D eigenvalue weighted by Gasteiger charge is 2.27. The summed E-state index contributed by atoms with van der Waals surface area (Å²) < 4.78 is 0. The third-order valence-electron chi connectivity index (χ3n) is 4.73. The number of thiophene rings is 1. The molecule has 1 unspecified atom stereocenters. The van der Waals surface area contributed by atoms with Crippen LogP contribution >= 0.6 is 23.7 Å². The Bertz CT molecular complexity index is 642. The normalized spacial score (nSPS) is 17.2. The van der Waals surface area contributed by atoms with Gasteiger partial charge in [-0.3, -0.25) is 4.79 Å². The maximum Gasteiger partial charge on any atom is 0.223 e. The quantitative estimate of drug-likeness (QED) is 0.815. The molecule has 1 aliphatic heterocycles.